The summed E-state index contributed by atoms with van der Waals surface area (Å²) in [5, 5.41) is 8.51. The van der Waals surface area contributed by atoms with E-state index in [1.807, 2.05) is 0 Å². The summed E-state index contributed by atoms with van der Waals surface area (Å²) in [6.45, 7) is 0.304. The van der Waals surface area contributed by atoms with Gasteiger partial charge in [0.2, 0.25) is 0 Å². The molecule has 0 unspecified atom stereocenters. The average Bonchev–Trinajstić information content (AvgIpc) is 2.37. The molecule has 0 spiro atoms. The summed E-state index contributed by atoms with van der Waals surface area (Å²) in [5.74, 6) is -1.79. The first-order chi connectivity index (χ1) is 8.95. The Morgan fingerprint density at radius 3 is 2.63 bits per heavy atom. The number of rotatable bonds is 6. The maximum absolute atomic E-state index is 13.5. The minimum atomic E-state index is -0.906. The van der Waals surface area contributed by atoms with Gasteiger partial charge in [0.05, 0.1) is 7.11 Å². The lowest BCUT2D eigenvalue weighted by Crippen LogP contribution is -2.28. The molecule has 0 fully saturated rings. The fraction of sp³-hybridized carbons (Fsp3) is 0.385. The molecule has 1 N–H and O–H groups in total. The van der Waals surface area contributed by atoms with E-state index in [1.54, 1.807) is 7.05 Å². The number of hydrogen-bond acceptors (Lipinski definition) is 3. The second kappa shape index (κ2) is 6.72. The van der Waals surface area contributed by atoms with Gasteiger partial charge in [-0.05, 0) is 24.6 Å². The van der Waals surface area contributed by atoms with Crippen molar-refractivity contribution in [2.75, 3.05) is 20.7 Å². The molecule has 1 amide bonds. The van der Waals surface area contributed by atoms with Crippen LogP contribution in [0, 0.1) is 5.82 Å². The van der Waals surface area contributed by atoms with Crippen molar-refractivity contribution in [2.45, 2.75) is 12.8 Å². The monoisotopic (exact) mass is 269 g/mol. The smallest absolute Gasteiger partial charge is 0.303 e. The SMILES string of the molecule is COc1ccc(C(=O)N(C)CCCC(=O)O)cc1F. The van der Waals surface area contributed by atoms with Crippen LogP contribution in [0.25, 0.3) is 0 Å². The first-order valence-electron chi connectivity index (χ1n) is 5.76. The van der Waals surface area contributed by atoms with Crippen molar-refractivity contribution in [3.63, 3.8) is 0 Å². The van der Waals surface area contributed by atoms with E-state index in [0.29, 0.717) is 13.0 Å². The molecule has 104 valence electrons. The van der Waals surface area contributed by atoms with Gasteiger partial charge in [0.1, 0.15) is 0 Å². The number of carboxylic acid groups (broad SMARTS) is 1. The van der Waals surface area contributed by atoms with Gasteiger partial charge in [-0.1, -0.05) is 0 Å². The topological polar surface area (TPSA) is 66.8 Å². The van der Waals surface area contributed by atoms with Crippen molar-refractivity contribution in [1.82, 2.24) is 4.90 Å². The summed E-state index contributed by atoms with van der Waals surface area (Å²) in [5.41, 5.74) is 0.205. The first-order valence-corrected chi connectivity index (χ1v) is 5.76. The van der Waals surface area contributed by atoms with Crippen molar-refractivity contribution in [3.8, 4) is 5.75 Å². The van der Waals surface area contributed by atoms with Crippen molar-refractivity contribution in [2.24, 2.45) is 0 Å². The number of methoxy groups -OCH3 is 1. The number of benzene rings is 1. The zero-order chi connectivity index (χ0) is 14.4. The third-order valence-corrected chi connectivity index (χ3v) is 2.63. The van der Waals surface area contributed by atoms with Gasteiger partial charge in [0.15, 0.2) is 11.6 Å². The van der Waals surface area contributed by atoms with E-state index in [-0.39, 0.29) is 23.6 Å². The number of carbonyl (C=O) groups is 2. The van der Waals surface area contributed by atoms with Crippen LogP contribution >= 0.6 is 0 Å². The Kier molecular flexibility index (Phi) is 5.29. The predicted molar refractivity (Wildman–Crippen MR) is 66.8 cm³/mol. The molecule has 1 aromatic rings. The molecule has 0 saturated carbocycles. The van der Waals surface area contributed by atoms with E-state index < -0.39 is 11.8 Å². The molecule has 0 bridgehead atoms. The normalized spacial score (nSPS) is 10.1. The van der Waals surface area contributed by atoms with Gasteiger partial charge in [0.25, 0.3) is 5.91 Å². The first kappa shape index (κ1) is 14.9. The summed E-state index contributed by atoms with van der Waals surface area (Å²) >= 11 is 0. The van der Waals surface area contributed by atoms with Gasteiger partial charge in [-0.25, -0.2) is 4.39 Å². The lowest BCUT2D eigenvalue weighted by molar-refractivity contribution is -0.137. The molecule has 0 radical (unpaired) electrons. The molecule has 0 aliphatic heterocycles. The lowest BCUT2D eigenvalue weighted by Gasteiger charge is -2.17. The van der Waals surface area contributed by atoms with Crippen molar-refractivity contribution >= 4 is 11.9 Å². The minimum Gasteiger partial charge on any atom is -0.494 e. The number of ether oxygens (including phenoxy) is 1. The standard InChI is InChI=1S/C13H16FNO4/c1-15(7-3-4-12(16)17)13(18)9-5-6-11(19-2)10(14)8-9/h5-6,8H,3-4,7H2,1-2H3,(H,16,17). The largest absolute Gasteiger partial charge is 0.494 e. The molecule has 0 aliphatic carbocycles. The number of nitrogens with zero attached hydrogens (tertiary/aromatic N) is 1. The molecule has 0 aromatic heterocycles. The predicted octanol–water partition coefficient (Wildman–Crippen LogP) is 1.77. The highest BCUT2D eigenvalue weighted by molar-refractivity contribution is 5.94. The van der Waals surface area contributed by atoms with E-state index >= 15 is 0 Å². The quantitative estimate of drug-likeness (QED) is 0.854. The van der Waals surface area contributed by atoms with Crippen molar-refractivity contribution in [3.05, 3.63) is 29.6 Å². The maximum atomic E-state index is 13.5. The third-order valence-electron chi connectivity index (χ3n) is 2.63. The second-order valence-electron chi connectivity index (χ2n) is 4.07. The molecule has 0 saturated heterocycles. The maximum Gasteiger partial charge on any atom is 0.303 e. The molecule has 0 atom stereocenters. The molecular weight excluding hydrogens is 253 g/mol. The van der Waals surface area contributed by atoms with Crippen LogP contribution in [0.3, 0.4) is 0 Å². The van der Waals surface area contributed by atoms with Gasteiger partial charge in [-0.2, -0.15) is 0 Å². The summed E-state index contributed by atoms with van der Waals surface area (Å²) in [4.78, 5) is 23.7. The zero-order valence-electron chi connectivity index (χ0n) is 10.9. The van der Waals surface area contributed by atoms with Crippen molar-refractivity contribution in [1.29, 1.82) is 0 Å². The summed E-state index contributed by atoms with van der Waals surface area (Å²) in [7, 11) is 2.89. The number of amides is 1. The molecule has 0 heterocycles. The van der Waals surface area contributed by atoms with Gasteiger partial charge >= 0.3 is 5.97 Å². The van der Waals surface area contributed by atoms with Gasteiger partial charge in [-0.15, -0.1) is 0 Å². The van der Waals surface area contributed by atoms with Gasteiger partial charge in [0, 0.05) is 25.6 Å². The van der Waals surface area contributed by atoms with Crippen molar-refractivity contribution < 1.29 is 23.8 Å². The van der Waals surface area contributed by atoms with E-state index in [0.717, 1.165) is 6.07 Å². The van der Waals surface area contributed by atoms with Crippen LogP contribution in [0.1, 0.15) is 23.2 Å². The summed E-state index contributed by atoms with van der Waals surface area (Å²) in [6.07, 6.45) is 0.352. The van der Waals surface area contributed by atoms with Crippen LogP contribution in [-0.4, -0.2) is 42.6 Å². The van der Waals surface area contributed by atoms with Crippen LogP contribution in [0.15, 0.2) is 18.2 Å². The fourth-order valence-electron chi connectivity index (χ4n) is 1.59. The molecule has 1 aromatic carbocycles. The Morgan fingerprint density at radius 2 is 2.11 bits per heavy atom. The average molecular weight is 269 g/mol. The molecule has 6 heteroatoms. The Hall–Kier alpha value is -2.11. The number of carbonyl (C=O) groups excluding carboxylic acids is 1. The van der Waals surface area contributed by atoms with Crippen LogP contribution in [0.2, 0.25) is 0 Å². The fourth-order valence-corrected chi connectivity index (χ4v) is 1.59. The third kappa shape index (κ3) is 4.24. The van der Waals surface area contributed by atoms with E-state index in [4.69, 9.17) is 9.84 Å². The number of halogens is 1. The van der Waals surface area contributed by atoms with Crippen LogP contribution in [0.4, 0.5) is 4.39 Å². The second-order valence-corrected chi connectivity index (χ2v) is 4.07. The molecule has 19 heavy (non-hydrogen) atoms. The number of carboxylic acids is 1. The number of aliphatic carboxylic acids is 1. The Labute approximate surface area is 110 Å². The summed E-state index contributed by atoms with van der Waals surface area (Å²) in [6, 6.07) is 3.96. The zero-order valence-corrected chi connectivity index (χ0v) is 10.9. The highest BCUT2D eigenvalue weighted by Gasteiger charge is 2.14. The Morgan fingerprint density at radius 1 is 1.42 bits per heavy atom. The molecular formula is C13H16FNO4. The highest BCUT2D eigenvalue weighted by Crippen LogP contribution is 2.18. The Bertz CT molecular complexity index is 476. The van der Waals surface area contributed by atoms with Gasteiger partial charge < -0.3 is 14.7 Å². The molecule has 5 nitrogen and oxygen atoms in total. The van der Waals surface area contributed by atoms with Crippen LogP contribution in [-0.2, 0) is 4.79 Å². The lowest BCUT2D eigenvalue weighted by atomic mass is 10.1. The van der Waals surface area contributed by atoms with Gasteiger partial charge in [-0.3, -0.25) is 9.59 Å². The molecule has 1 rings (SSSR count). The highest BCUT2D eigenvalue weighted by atomic mass is 19.1. The van der Waals surface area contributed by atoms with Crippen LogP contribution in [0.5, 0.6) is 5.75 Å². The van der Waals surface area contributed by atoms with E-state index in [1.165, 1.54) is 24.1 Å². The molecule has 0 aliphatic rings. The van der Waals surface area contributed by atoms with Crippen LogP contribution < -0.4 is 4.74 Å². The minimum absolute atomic E-state index is 0.00536. The number of hydrogen-bond donors (Lipinski definition) is 1. The van der Waals surface area contributed by atoms with E-state index in [9.17, 15) is 14.0 Å². The summed E-state index contributed by atoms with van der Waals surface area (Å²) < 4.78 is 18.2. The Balaban J connectivity index is 2.66. The van der Waals surface area contributed by atoms with E-state index in [2.05, 4.69) is 0 Å².